The molecule has 0 radical (unpaired) electrons. The highest BCUT2D eigenvalue weighted by Crippen LogP contribution is 2.23. The molecule has 0 bridgehead atoms. The van der Waals surface area contributed by atoms with Crippen LogP contribution in [0.1, 0.15) is 34.5 Å². The molecule has 0 amide bonds. The third-order valence-electron chi connectivity index (χ3n) is 3.34. The van der Waals surface area contributed by atoms with Gasteiger partial charge >= 0.3 is 0 Å². The lowest BCUT2D eigenvalue weighted by Gasteiger charge is -2.13. The molecule has 17 heavy (non-hydrogen) atoms. The molecule has 1 aromatic carbocycles. The van der Waals surface area contributed by atoms with Crippen LogP contribution >= 0.6 is 0 Å². The normalized spacial score (nSPS) is 14.4. The van der Waals surface area contributed by atoms with Crippen LogP contribution in [-0.4, -0.2) is 16.1 Å². The maximum Gasteiger partial charge on any atom is 0.150 e. The van der Waals surface area contributed by atoms with Crippen LogP contribution in [0.25, 0.3) is 5.69 Å². The summed E-state index contributed by atoms with van der Waals surface area (Å²) in [5.41, 5.74) is 4.44. The van der Waals surface area contributed by atoms with Gasteiger partial charge in [0.1, 0.15) is 6.29 Å². The number of aromatic nitrogens is 2. The first-order valence-electron chi connectivity index (χ1n) is 6.00. The zero-order valence-corrected chi connectivity index (χ0v) is 9.60. The fourth-order valence-electron chi connectivity index (χ4n) is 2.41. The largest absolute Gasteiger partial charge is 0.298 e. The highest BCUT2D eigenvalue weighted by atomic mass is 16.1. The molecule has 0 spiro atoms. The van der Waals surface area contributed by atoms with Crippen LogP contribution in [0.2, 0.25) is 0 Å². The molecule has 1 aliphatic rings. The Hall–Kier alpha value is -1.90. The first-order valence-corrected chi connectivity index (χ1v) is 6.00. The minimum absolute atomic E-state index is 0.703. The molecule has 1 aliphatic carbocycles. The monoisotopic (exact) mass is 226 g/mol. The molecule has 0 saturated carbocycles. The standard InChI is InChI=1S/C14H14N2O/c17-10-11-5-7-13(8-6-11)16-14-4-2-1-3-12(14)9-15-16/h5-10H,1-4H2. The SMILES string of the molecule is O=Cc1ccc(-n2ncc3c2CCCC3)cc1. The Labute approximate surface area is 100 Å². The molecule has 0 aliphatic heterocycles. The highest BCUT2D eigenvalue weighted by molar-refractivity contribution is 5.75. The molecule has 3 rings (SSSR count). The van der Waals surface area contributed by atoms with E-state index in [0.29, 0.717) is 5.56 Å². The molecule has 0 unspecified atom stereocenters. The molecular formula is C14H14N2O. The number of aldehydes is 1. The van der Waals surface area contributed by atoms with Gasteiger partial charge in [0.15, 0.2) is 0 Å². The Morgan fingerprint density at radius 2 is 1.88 bits per heavy atom. The van der Waals surface area contributed by atoms with E-state index in [2.05, 4.69) is 5.10 Å². The van der Waals surface area contributed by atoms with Crippen molar-refractivity contribution in [1.29, 1.82) is 0 Å². The van der Waals surface area contributed by atoms with Crippen LogP contribution in [0.15, 0.2) is 30.5 Å². The van der Waals surface area contributed by atoms with E-state index >= 15 is 0 Å². The van der Waals surface area contributed by atoms with E-state index in [0.717, 1.165) is 24.8 Å². The molecular weight excluding hydrogens is 212 g/mol. The summed E-state index contributed by atoms with van der Waals surface area (Å²) in [6.07, 6.45) is 7.59. The molecule has 1 aromatic heterocycles. The van der Waals surface area contributed by atoms with E-state index in [1.165, 1.54) is 24.1 Å². The number of nitrogens with zero attached hydrogens (tertiary/aromatic N) is 2. The molecule has 0 N–H and O–H groups in total. The average molecular weight is 226 g/mol. The highest BCUT2D eigenvalue weighted by Gasteiger charge is 2.15. The molecule has 2 aromatic rings. The summed E-state index contributed by atoms with van der Waals surface area (Å²) in [5.74, 6) is 0. The summed E-state index contributed by atoms with van der Waals surface area (Å²) in [4.78, 5) is 10.6. The van der Waals surface area contributed by atoms with Crippen molar-refractivity contribution in [2.75, 3.05) is 0 Å². The van der Waals surface area contributed by atoms with Crippen molar-refractivity contribution >= 4 is 6.29 Å². The summed E-state index contributed by atoms with van der Waals surface area (Å²) >= 11 is 0. The first kappa shape index (κ1) is 10.3. The Balaban J connectivity index is 2.02. The predicted octanol–water partition coefficient (Wildman–Crippen LogP) is 2.56. The maximum atomic E-state index is 10.6. The fourth-order valence-corrected chi connectivity index (χ4v) is 2.41. The molecule has 3 nitrogen and oxygen atoms in total. The van der Waals surface area contributed by atoms with Crippen LogP contribution in [0.5, 0.6) is 0 Å². The number of carbonyl (C=O) groups excluding carboxylic acids is 1. The van der Waals surface area contributed by atoms with Crippen LogP contribution in [0.3, 0.4) is 0 Å². The second kappa shape index (κ2) is 4.17. The molecule has 1 heterocycles. The lowest BCUT2D eigenvalue weighted by atomic mass is 9.98. The van der Waals surface area contributed by atoms with E-state index in [1.807, 2.05) is 35.1 Å². The van der Waals surface area contributed by atoms with E-state index in [4.69, 9.17) is 0 Å². The topological polar surface area (TPSA) is 34.9 Å². The average Bonchev–Trinajstić information content (AvgIpc) is 2.83. The molecule has 0 fully saturated rings. The second-order valence-corrected chi connectivity index (χ2v) is 4.44. The quantitative estimate of drug-likeness (QED) is 0.738. The van der Waals surface area contributed by atoms with Gasteiger partial charge < -0.3 is 0 Å². The van der Waals surface area contributed by atoms with Crippen molar-refractivity contribution in [1.82, 2.24) is 9.78 Å². The third-order valence-corrected chi connectivity index (χ3v) is 3.34. The third kappa shape index (κ3) is 1.78. The van der Waals surface area contributed by atoms with E-state index in [-0.39, 0.29) is 0 Å². The van der Waals surface area contributed by atoms with Crippen molar-refractivity contribution < 1.29 is 4.79 Å². The van der Waals surface area contributed by atoms with E-state index < -0.39 is 0 Å². The molecule has 86 valence electrons. The minimum Gasteiger partial charge on any atom is -0.298 e. The zero-order chi connectivity index (χ0) is 11.7. The number of hydrogen-bond donors (Lipinski definition) is 0. The molecule has 0 atom stereocenters. The van der Waals surface area contributed by atoms with Crippen molar-refractivity contribution in [3.8, 4) is 5.69 Å². The van der Waals surface area contributed by atoms with Gasteiger partial charge in [0, 0.05) is 11.3 Å². The first-order chi connectivity index (χ1) is 8.38. The summed E-state index contributed by atoms with van der Waals surface area (Å²) in [7, 11) is 0. The van der Waals surface area contributed by atoms with Crippen molar-refractivity contribution in [2.24, 2.45) is 0 Å². The number of aryl methyl sites for hydroxylation is 1. The minimum atomic E-state index is 0.703. The summed E-state index contributed by atoms with van der Waals surface area (Å²) in [6, 6.07) is 7.57. The fraction of sp³-hybridized carbons (Fsp3) is 0.286. The molecule has 0 saturated heterocycles. The van der Waals surface area contributed by atoms with Gasteiger partial charge in [0.05, 0.1) is 11.9 Å². The van der Waals surface area contributed by atoms with Crippen molar-refractivity contribution in [3.05, 3.63) is 47.3 Å². The van der Waals surface area contributed by atoms with Crippen molar-refractivity contribution in [2.45, 2.75) is 25.7 Å². The van der Waals surface area contributed by atoms with Crippen LogP contribution in [0, 0.1) is 0 Å². The van der Waals surface area contributed by atoms with Crippen LogP contribution in [-0.2, 0) is 12.8 Å². The van der Waals surface area contributed by atoms with Gasteiger partial charge in [-0.25, -0.2) is 4.68 Å². The Morgan fingerprint density at radius 1 is 1.12 bits per heavy atom. The van der Waals surface area contributed by atoms with Gasteiger partial charge in [0.25, 0.3) is 0 Å². The number of benzene rings is 1. The Morgan fingerprint density at radius 3 is 2.65 bits per heavy atom. The van der Waals surface area contributed by atoms with E-state index in [1.54, 1.807) is 0 Å². The van der Waals surface area contributed by atoms with Gasteiger partial charge in [0.2, 0.25) is 0 Å². The molecule has 3 heteroatoms. The van der Waals surface area contributed by atoms with Gasteiger partial charge in [-0.3, -0.25) is 4.79 Å². The Bertz CT molecular complexity index is 540. The van der Waals surface area contributed by atoms with E-state index in [9.17, 15) is 4.79 Å². The van der Waals surface area contributed by atoms with Gasteiger partial charge in [-0.15, -0.1) is 0 Å². The number of fused-ring (bicyclic) bond motifs is 1. The smallest absolute Gasteiger partial charge is 0.150 e. The lowest BCUT2D eigenvalue weighted by Crippen LogP contribution is -2.07. The number of rotatable bonds is 2. The number of hydrogen-bond acceptors (Lipinski definition) is 2. The number of carbonyl (C=O) groups is 1. The van der Waals surface area contributed by atoms with Crippen LogP contribution < -0.4 is 0 Å². The summed E-state index contributed by atoms with van der Waals surface area (Å²) in [5, 5.41) is 4.45. The predicted molar refractivity (Wildman–Crippen MR) is 65.6 cm³/mol. The van der Waals surface area contributed by atoms with Gasteiger partial charge in [-0.05, 0) is 55.5 Å². The maximum absolute atomic E-state index is 10.6. The summed E-state index contributed by atoms with van der Waals surface area (Å²) < 4.78 is 2.00. The lowest BCUT2D eigenvalue weighted by molar-refractivity contribution is 0.112. The van der Waals surface area contributed by atoms with Gasteiger partial charge in [-0.1, -0.05) is 0 Å². The second-order valence-electron chi connectivity index (χ2n) is 4.44. The Kier molecular flexibility index (Phi) is 2.52. The van der Waals surface area contributed by atoms with Crippen LogP contribution in [0.4, 0.5) is 0 Å². The summed E-state index contributed by atoms with van der Waals surface area (Å²) in [6.45, 7) is 0. The zero-order valence-electron chi connectivity index (χ0n) is 9.60. The van der Waals surface area contributed by atoms with Crippen molar-refractivity contribution in [3.63, 3.8) is 0 Å². The van der Waals surface area contributed by atoms with Gasteiger partial charge in [-0.2, -0.15) is 5.10 Å².